The number of rotatable bonds is 5. The molecule has 0 atom stereocenters. The third-order valence-electron chi connectivity index (χ3n) is 2.07. The minimum Gasteiger partial charge on any atom is -0.482 e. The van der Waals surface area contributed by atoms with E-state index in [-0.39, 0.29) is 12.5 Å². The number of carbonyl (C=O) groups excluding carboxylic acids is 2. The van der Waals surface area contributed by atoms with Crippen LogP contribution in [0, 0.1) is 0 Å². The van der Waals surface area contributed by atoms with Crippen LogP contribution in [-0.2, 0) is 9.59 Å². The summed E-state index contributed by atoms with van der Waals surface area (Å²) < 4.78 is 5.19. The van der Waals surface area contributed by atoms with E-state index in [1.54, 1.807) is 12.1 Å². The highest BCUT2D eigenvalue weighted by Crippen LogP contribution is 2.27. The Balaban J connectivity index is 2.36. The summed E-state index contributed by atoms with van der Waals surface area (Å²) in [7, 11) is 0. The zero-order valence-electron chi connectivity index (χ0n) is 10.3. The Hall–Kier alpha value is -1.46. The average Bonchev–Trinajstić information content (AvgIpc) is 2.35. The SMILES string of the molecule is CCCC(=O)NNC(=O)COc1ccc(Cl)cc1Cl. The zero-order valence-corrected chi connectivity index (χ0v) is 11.8. The Morgan fingerprint density at radius 2 is 1.89 bits per heavy atom. The summed E-state index contributed by atoms with van der Waals surface area (Å²) in [6.07, 6.45) is 1.06. The first-order valence-corrected chi connectivity index (χ1v) is 6.44. The second-order valence-electron chi connectivity index (χ2n) is 3.71. The Bertz CT molecular complexity index is 466. The Labute approximate surface area is 121 Å². The van der Waals surface area contributed by atoms with Crippen molar-refractivity contribution >= 4 is 35.0 Å². The number of nitrogens with one attached hydrogen (secondary N) is 2. The van der Waals surface area contributed by atoms with E-state index in [9.17, 15) is 9.59 Å². The second-order valence-corrected chi connectivity index (χ2v) is 4.55. The van der Waals surface area contributed by atoms with Crippen molar-refractivity contribution in [1.29, 1.82) is 0 Å². The Morgan fingerprint density at radius 3 is 2.53 bits per heavy atom. The fraction of sp³-hybridized carbons (Fsp3) is 0.333. The van der Waals surface area contributed by atoms with Gasteiger partial charge in [0.05, 0.1) is 5.02 Å². The lowest BCUT2D eigenvalue weighted by Crippen LogP contribution is -2.43. The lowest BCUT2D eigenvalue weighted by Gasteiger charge is -2.09. The highest BCUT2D eigenvalue weighted by molar-refractivity contribution is 6.35. The maximum atomic E-state index is 11.4. The van der Waals surface area contributed by atoms with Gasteiger partial charge in [-0.2, -0.15) is 0 Å². The van der Waals surface area contributed by atoms with Gasteiger partial charge in [-0.05, 0) is 24.6 Å². The molecule has 0 aliphatic heterocycles. The third kappa shape index (κ3) is 5.81. The molecule has 0 aliphatic rings. The van der Waals surface area contributed by atoms with Gasteiger partial charge < -0.3 is 4.74 Å². The molecule has 2 N–H and O–H groups in total. The monoisotopic (exact) mass is 304 g/mol. The van der Waals surface area contributed by atoms with Crippen LogP contribution >= 0.6 is 23.2 Å². The van der Waals surface area contributed by atoms with Crippen molar-refractivity contribution in [2.75, 3.05) is 6.61 Å². The third-order valence-corrected chi connectivity index (χ3v) is 2.60. The summed E-state index contributed by atoms with van der Waals surface area (Å²) in [6, 6.07) is 4.68. The summed E-state index contributed by atoms with van der Waals surface area (Å²) >= 11 is 11.6. The molecule has 1 rings (SSSR count). The van der Waals surface area contributed by atoms with Crippen LogP contribution in [0.25, 0.3) is 0 Å². The maximum absolute atomic E-state index is 11.4. The molecular weight excluding hydrogens is 291 g/mol. The minimum absolute atomic E-state index is 0.250. The molecule has 0 radical (unpaired) electrons. The van der Waals surface area contributed by atoms with Gasteiger partial charge in [-0.3, -0.25) is 20.4 Å². The van der Waals surface area contributed by atoms with E-state index in [0.717, 1.165) is 0 Å². The van der Waals surface area contributed by atoms with E-state index in [1.807, 2.05) is 6.92 Å². The van der Waals surface area contributed by atoms with Gasteiger partial charge in [-0.15, -0.1) is 0 Å². The van der Waals surface area contributed by atoms with Crippen LogP contribution < -0.4 is 15.6 Å². The number of hydrogen-bond acceptors (Lipinski definition) is 3. The highest BCUT2D eigenvalue weighted by Gasteiger charge is 2.07. The van der Waals surface area contributed by atoms with Crippen molar-refractivity contribution < 1.29 is 14.3 Å². The molecule has 0 spiro atoms. The lowest BCUT2D eigenvalue weighted by molar-refractivity contribution is -0.130. The molecule has 0 bridgehead atoms. The first kappa shape index (κ1) is 15.6. The van der Waals surface area contributed by atoms with Gasteiger partial charge in [0.15, 0.2) is 6.61 Å². The van der Waals surface area contributed by atoms with Crippen LogP contribution in [-0.4, -0.2) is 18.4 Å². The summed E-state index contributed by atoms with van der Waals surface area (Å²) in [4.78, 5) is 22.5. The van der Waals surface area contributed by atoms with Gasteiger partial charge in [0.25, 0.3) is 5.91 Å². The normalized spacial score (nSPS) is 9.84. The van der Waals surface area contributed by atoms with E-state index in [0.29, 0.717) is 28.6 Å². The number of hydrogen-bond donors (Lipinski definition) is 2. The van der Waals surface area contributed by atoms with Gasteiger partial charge in [0, 0.05) is 11.4 Å². The molecule has 104 valence electrons. The average molecular weight is 305 g/mol. The van der Waals surface area contributed by atoms with Crippen LogP contribution in [0.3, 0.4) is 0 Å². The quantitative estimate of drug-likeness (QED) is 0.820. The summed E-state index contributed by atoms with van der Waals surface area (Å²) in [6.45, 7) is 1.61. The largest absolute Gasteiger partial charge is 0.482 e. The second kappa shape index (κ2) is 7.86. The first-order valence-electron chi connectivity index (χ1n) is 5.68. The molecule has 0 saturated carbocycles. The van der Waals surface area contributed by atoms with Crippen LogP contribution in [0.15, 0.2) is 18.2 Å². The topological polar surface area (TPSA) is 67.4 Å². The molecule has 1 aromatic carbocycles. The van der Waals surface area contributed by atoms with Crippen molar-refractivity contribution in [2.24, 2.45) is 0 Å². The van der Waals surface area contributed by atoms with Crippen LogP contribution in [0.5, 0.6) is 5.75 Å². The van der Waals surface area contributed by atoms with Gasteiger partial charge in [-0.25, -0.2) is 0 Å². The number of ether oxygens (including phenoxy) is 1. The zero-order chi connectivity index (χ0) is 14.3. The van der Waals surface area contributed by atoms with Gasteiger partial charge in [0.1, 0.15) is 5.75 Å². The van der Waals surface area contributed by atoms with E-state index in [4.69, 9.17) is 27.9 Å². The molecule has 0 aromatic heterocycles. The van der Waals surface area contributed by atoms with Crippen molar-refractivity contribution in [3.63, 3.8) is 0 Å². The molecule has 7 heteroatoms. The van der Waals surface area contributed by atoms with E-state index >= 15 is 0 Å². The van der Waals surface area contributed by atoms with E-state index in [2.05, 4.69) is 10.9 Å². The fourth-order valence-corrected chi connectivity index (χ4v) is 1.66. The fourth-order valence-electron chi connectivity index (χ4n) is 1.20. The lowest BCUT2D eigenvalue weighted by atomic mass is 10.3. The Kier molecular flexibility index (Phi) is 6.45. The summed E-state index contributed by atoms with van der Waals surface area (Å²) in [5, 5.41) is 0.795. The molecule has 0 saturated heterocycles. The molecular formula is C12H14Cl2N2O3. The van der Waals surface area contributed by atoms with E-state index < -0.39 is 5.91 Å². The van der Waals surface area contributed by atoms with Crippen LogP contribution in [0.1, 0.15) is 19.8 Å². The molecule has 0 unspecified atom stereocenters. The van der Waals surface area contributed by atoms with Gasteiger partial charge in [0.2, 0.25) is 5.91 Å². The van der Waals surface area contributed by atoms with Crippen molar-refractivity contribution in [3.8, 4) is 5.75 Å². The van der Waals surface area contributed by atoms with Crippen LogP contribution in [0.2, 0.25) is 10.0 Å². The number of halogens is 2. The molecule has 0 aliphatic carbocycles. The van der Waals surface area contributed by atoms with Crippen molar-refractivity contribution in [3.05, 3.63) is 28.2 Å². The number of benzene rings is 1. The minimum atomic E-state index is -0.476. The molecule has 0 fully saturated rings. The smallest absolute Gasteiger partial charge is 0.276 e. The van der Waals surface area contributed by atoms with Crippen molar-refractivity contribution in [1.82, 2.24) is 10.9 Å². The first-order chi connectivity index (χ1) is 9.02. The number of amides is 2. The van der Waals surface area contributed by atoms with E-state index in [1.165, 1.54) is 6.07 Å². The molecule has 2 amide bonds. The predicted molar refractivity (Wildman–Crippen MR) is 73.2 cm³/mol. The highest BCUT2D eigenvalue weighted by atomic mass is 35.5. The summed E-state index contributed by atoms with van der Waals surface area (Å²) in [5.41, 5.74) is 4.51. The van der Waals surface area contributed by atoms with Gasteiger partial charge in [-0.1, -0.05) is 30.1 Å². The number of carbonyl (C=O) groups is 2. The molecule has 1 aromatic rings. The number of hydrazine groups is 1. The maximum Gasteiger partial charge on any atom is 0.276 e. The molecule has 5 nitrogen and oxygen atoms in total. The summed E-state index contributed by atoms with van der Waals surface area (Å²) in [5.74, 6) is -0.378. The van der Waals surface area contributed by atoms with Crippen LogP contribution in [0.4, 0.5) is 0 Å². The van der Waals surface area contributed by atoms with Gasteiger partial charge >= 0.3 is 0 Å². The molecule has 19 heavy (non-hydrogen) atoms. The molecule has 0 heterocycles. The Morgan fingerprint density at radius 1 is 1.21 bits per heavy atom. The van der Waals surface area contributed by atoms with Crippen molar-refractivity contribution in [2.45, 2.75) is 19.8 Å². The predicted octanol–water partition coefficient (Wildman–Crippen LogP) is 2.32. The standard InChI is InChI=1S/C12H14Cl2N2O3/c1-2-3-11(17)15-16-12(18)7-19-10-5-4-8(13)6-9(10)14/h4-6H,2-3,7H2,1H3,(H,15,17)(H,16,18).